The van der Waals surface area contributed by atoms with Gasteiger partial charge in [-0.2, -0.15) is 0 Å². The van der Waals surface area contributed by atoms with Gasteiger partial charge in [-0.05, 0) is 19.1 Å². The highest BCUT2D eigenvalue weighted by molar-refractivity contribution is 6.13. The van der Waals surface area contributed by atoms with E-state index in [9.17, 15) is 9.59 Å². The molecule has 0 N–H and O–H groups in total. The molecule has 0 radical (unpaired) electrons. The van der Waals surface area contributed by atoms with Crippen molar-refractivity contribution < 1.29 is 9.59 Å². The second-order valence-electron chi connectivity index (χ2n) is 5.80. The van der Waals surface area contributed by atoms with Crippen LogP contribution >= 0.6 is 0 Å². The van der Waals surface area contributed by atoms with Crippen LogP contribution in [0.15, 0.2) is 54.6 Å². The van der Waals surface area contributed by atoms with Crippen LogP contribution in [0.5, 0.6) is 0 Å². The number of amides is 1. The van der Waals surface area contributed by atoms with E-state index in [1.807, 2.05) is 43.3 Å². The zero-order valence-electron chi connectivity index (χ0n) is 13.4. The van der Waals surface area contributed by atoms with Crippen LogP contribution in [-0.4, -0.2) is 35.4 Å². The molecule has 4 heteroatoms. The van der Waals surface area contributed by atoms with Gasteiger partial charge < -0.3 is 4.90 Å². The maximum atomic E-state index is 12.9. The Balaban J connectivity index is 2.20. The lowest BCUT2D eigenvalue weighted by Crippen LogP contribution is -2.29. The van der Waals surface area contributed by atoms with E-state index < -0.39 is 0 Å². The van der Waals surface area contributed by atoms with Crippen LogP contribution in [-0.2, 0) is 0 Å². The first-order valence-corrected chi connectivity index (χ1v) is 7.42. The van der Waals surface area contributed by atoms with Gasteiger partial charge in [-0.25, -0.2) is 4.79 Å². The van der Waals surface area contributed by atoms with Crippen LogP contribution in [0.3, 0.4) is 0 Å². The number of carbonyl (C=O) groups is 2. The second kappa shape index (κ2) is 5.72. The summed E-state index contributed by atoms with van der Waals surface area (Å²) in [4.78, 5) is 26.9. The zero-order chi connectivity index (χ0) is 16.6. The Morgan fingerprint density at radius 2 is 1.61 bits per heavy atom. The van der Waals surface area contributed by atoms with Crippen LogP contribution in [0.4, 0.5) is 4.79 Å². The van der Waals surface area contributed by atoms with Gasteiger partial charge in [-0.3, -0.25) is 9.36 Å². The first-order chi connectivity index (χ1) is 11.0. The SMILES string of the molecule is Cc1ccc(C(=O)c2cc3ccccc3n2C(=O)N(C)C)cc1. The van der Waals surface area contributed by atoms with Gasteiger partial charge in [0, 0.05) is 25.0 Å². The fraction of sp³-hybridized carbons (Fsp3) is 0.158. The average Bonchev–Trinajstić information content (AvgIpc) is 2.93. The predicted octanol–water partition coefficient (Wildman–Crippen LogP) is 3.71. The van der Waals surface area contributed by atoms with Crippen molar-refractivity contribution in [1.82, 2.24) is 9.47 Å². The van der Waals surface area contributed by atoms with Gasteiger partial charge in [0.1, 0.15) is 0 Å². The molecule has 23 heavy (non-hydrogen) atoms. The molecule has 3 rings (SSSR count). The summed E-state index contributed by atoms with van der Waals surface area (Å²) in [6, 6.07) is 16.4. The van der Waals surface area contributed by atoms with Crippen molar-refractivity contribution >= 4 is 22.7 Å². The molecular weight excluding hydrogens is 288 g/mol. The van der Waals surface area contributed by atoms with Gasteiger partial charge in [0.2, 0.25) is 5.78 Å². The number of aryl methyl sites for hydroxylation is 1. The van der Waals surface area contributed by atoms with Gasteiger partial charge >= 0.3 is 6.03 Å². The number of benzene rings is 2. The molecule has 0 saturated carbocycles. The van der Waals surface area contributed by atoms with Crippen LogP contribution in [0.25, 0.3) is 10.9 Å². The lowest BCUT2D eigenvalue weighted by Gasteiger charge is -2.14. The van der Waals surface area contributed by atoms with Crippen molar-refractivity contribution in [3.8, 4) is 0 Å². The number of aromatic nitrogens is 1. The van der Waals surface area contributed by atoms with Gasteiger partial charge in [-0.15, -0.1) is 0 Å². The van der Waals surface area contributed by atoms with Crippen LogP contribution in [0.1, 0.15) is 21.6 Å². The molecule has 116 valence electrons. The number of carbonyl (C=O) groups excluding carboxylic acids is 2. The number of hydrogen-bond donors (Lipinski definition) is 0. The van der Waals surface area contributed by atoms with Crippen molar-refractivity contribution in [1.29, 1.82) is 0 Å². The molecule has 0 saturated heterocycles. The molecule has 0 bridgehead atoms. The Labute approximate surface area is 134 Å². The molecule has 0 spiro atoms. The highest BCUT2D eigenvalue weighted by atomic mass is 16.2. The smallest absolute Gasteiger partial charge is 0.328 e. The molecular formula is C19H18N2O2. The van der Waals surface area contributed by atoms with E-state index in [0.717, 1.165) is 16.5 Å². The van der Waals surface area contributed by atoms with E-state index >= 15 is 0 Å². The Kier molecular flexibility index (Phi) is 3.74. The highest BCUT2D eigenvalue weighted by Gasteiger charge is 2.22. The standard InChI is InChI=1S/C19H18N2O2/c1-13-8-10-14(11-9-13)18(22)17-12-15-6-4-5-7-16(15)21(17)19(23)20(2)3/h4-12H,1-3H3. The van der Waals surface area contributed by atoms with Crippen molar-refractivity contribution in [3.05, 3.63) is 71.4 Å². The number of rotatable bonds is 2. The first-order valence-electron chi connectivity index (χ1n) is 7.42. The number of hydrogen-bond acceptors (Lipinski definition) is 2. The fourth-order valence-corrected chi connectivity index (χ4v) is 2.58. The van der Waals surface area contributed by atoms with Crippen molar-refractivity contribution in [3.63, 3.8) is 0 Å². The zero-order valence-corrected chi connectivity index (χ0v) is 13.4. The van der Waals surface area contributed by atoms with Crippen molar-refractivity contribution in [2.75, 3.05) is 14.1 Å². The van der Waals surface area contributed by atoms with Gasteiger partial charge in [0.25, 0.3) is 0 Å². The van der Waals surface area contributed by atoms with Crippen molar-refractivity contribution in [2.24, 2.45) is 0 Å². The average molecular weight is 306 g/mol. The molecule has 4 nitrogen and oxygen atoms in total. The molecule has 0 fully saturated rings. The van der Waals surface area contributed by atoms with Gasteiger partial charge in [0.15, 0.2) is 0 Å². The Hall–Kier alpha value is -2.88. The number of fused-ring (bicyclic) bond motifs is 1. The minimum atomic E-state index is -0.235. The second-order valence-corrected chi connectivity index (χ2v) is 5.80. The third-order valence-electron chi connectivity index (χ3n) is 3.83. The lowest BCUT2D eigenvalue weighted by atomic mass is 10.1. The number of nitrogens with zero attached hydrogens (tertiary/aromatic N) is 2. The molecule has 3 aromatic rings. The molecule has 0 aliphatic carbocycles. The molecule has 0 aliphatic rings. The monoisotopic (exact) mass is 306 g/mol. The summed E-state index contributed by atoms with van der Waals surface area (Å²) in [5.41, 5.74) is 2.79. The largest absolute Gasteiger partial charge is 0.330 e. The van der Waals surface area contributed by atoms with Crippen LogP contribution in [0, 0.1) is 6.92 Å². The van der Waals surface area contributed by atoms with Crippen LogP contribution in [0.2, 0.25) is 0 Å². The third kappa shape index (κ3) is 2.63. The van der Waals surface area contributed by atoms with Gasteiger partial charge in [-0.1, -0.05) is 48.0 Å². The predicted molar refractivity (Wildman–Crippen MR) is 91.0 cm³/mol. The Morgan fingerprint density at radius 1 is 0.957 bits per heavy atom. The molecule has 0 unspecified atom stereocenters. The normalized spacial score (nSPS) is 10.7. The number of para-hydroxylation sites is 1. The summed E-state index contributed by atoms with van der Waals surface area (Å²) in [5.74, 6) is -0.156. The van der Waals surface area contributed by atoms with E-state index in [0.29, 0.717) is 11.3 Å². The molecule has 2 aromatic carbocycles. The van der Waals surface area contributed by atoms with E-state index in [2.05, 4.69) is 0 Å². The van der Waals surface area contributed by atoms with Crippen molar-refractivity contribution in [2.45, 2.75) is 6.92 Å². The summed E-state index contributed by atoms with van der Waals surface area (Å²) in [6.07, 6.45) is 0. The highest BCUT2D eigenvalue weighted by Crippen LogP contribution is 2.23. The summed E-state index contributed by atoms with van der Waals surface area (Å²) >= 11 is 0. The Bertz CT molecular complexity index is 889. The maximum Gasteiger partial charge on any atom is 0.328 e. The summed E-state index contributed by atoms with van der Waals surface area (Å²) in [5, 5.41) is 0.873. The molecule has 1 amide bonds. The molecule has 0 aliphatic heterocycles. The van der Waals surface area contributed by atoms with E-state index in [-0.39, 0.29) is 11.8 Å². The molecule has 1 heterocycles. The first kappa shape index (κ1) is 15.0. The van der Waals surface area contributed by atoms with Gasteiger partial charge in [0.05, 0.1) is 11.2 Å². The van der Waals surface area contributed by atoms with E-state index in [1.165, 1.54) is 9.47 Å². The maximum absolute atomic E-state index is 12.9. The topological polar surface area (TPSA) is 42.3 Å². The fourth-order valence-electron chi connectivity index (χ4n) is 2.58. The third-order valence-corrected chi connectivity index (χ3v) is 3.83. The molecule has 0 atom stereocenters. The summed E-state index contributed by atoms with van der Waals surface area (Å²) in [6.45, 7) is 1.97. The summed E-state index contributed by atoms with van der Waals surface area (Å²) < 4.78 is 1.48. The quantitative estimate of drug-likeness (QED) is 0.677. The minimum Gasteiger partial charge on any atom is -0.330 e. The summed E-state index contributed by atoms with van der Waals surface area (Å²) in [7, 11) is 3.36. The minimum absolute atomic E-state index is 0.156. The van der Waals surface area contributed by atoms with E-state index in [4.69, 9.17) is 0 Å². The Morgan fingerprint density at radius 3 is 2.26 bits per heavy atom. The van der Waals surface area contributed by atoms with Crippen LogP contribution < -0.4 is 0 Å². The number of ketones is 1. The van der Waals surface area contributed by atoms with E-state index in [1.54, 1.807) is 32.3 Å². The lowest BCUT2D eigenvalue weighted by molar-refractivity contribution is 0.103. The molecule has 1 aromatic heterocycles.